The normalized spacial score (nSPS) is 25.4. The molecule has 12 nitrogen and oxygen atoms in total. The van der Waals surface area contributed by atoms with Crippen LogP contribution in [0.4, 0.5) is 0 Å². The number of ether oxygens (including phenoxy) is 2. The minimum absolute atomic E-state index is 0.0136. The van der Waals surface area contributed by atoms with Gasteiger partial charge in [0.25, 0.3) is 0 Å². The third-order valence-corrected chi connectivity index (χ3v) is 4.13. The van der Waals surface area contributed by atoms with Crippen molar-refractivity contribution in [2.45, 2.75) is 18.6 Å². The number of nitrogens with one attached hydrogen (secondary N) is 1. The van der Waals surface area contributed by atoms with Crippen molar-refractivity contribution in [2.24, 2.45) is 0 Å². The van der Waals surface area contributed by atoms with Gasteiger partial charge in [-0.05, 0) is 0 Å². The lowest BCUT2D eigenvalue weighted by molar-refractivity contribution is -0.940. The summed E-state index contributed by atoms with van der Waals surface area (Å²) < 4.78 is 10.5. The van der Waals surface area contributed by atoms with Crippen molar-refractivity contribution in [3.8, 4) is 0 Å². The molecule has 1 aliphatic rings. The molecule has 0 aromatic carbocycles. The molecule has 0 aliphatic carbocycles. The standard InChI is InChI=1S/C14H24N2O10/c1-10(26-22)16(3-5-25-21)2-4-23-6-7-24-9-12(16)15-11(14(19)20)8-13(17)18/h11-12,15H,1-9H2,(H3-,17,18,19,20,21,22)/p+1. The van der Waals surface area contributed by atoms with E-state index in [1.807, 2.05) is 0 Å². The second-order valence-corrected chi connectivity index (χ2v) is 5.66. The summed E-state index contributed by atoms with van der Waals surface area (Å²) in [6.45, 7) is 4.29. The molecule has 3 unspecified atom stereocenters. The monoisotopic (exact) mass is 381 g/mol. The summed E-state index contributed by atoms with van der Waals surface area (Å²) >= 11 is 0. The second-order valence-electron chi connectivity index (χ2n) is 5.66. The van der Waals surface area contributed by atoms with Gasteiger partial charge in [-0.25, -0.2) is 9.37 Å². The summed E-state index contributed by atoms with van der Waals surface area (Å²) in [6, 6.07) is -1.43. The van der Waals surface area contributed by atoms with Crippen molar-refractivity contribution in [2.75, 3.05) is 46.1 Å². The van der Waals surface area contributed by atoms with Crippen LogP contribution in [0, 0.1) is 0 Å². The van der Waals surface area contributed by atoms with Gasteiger partial charge in [-0.3, -0.25) is 25.1 Å². The fourth-order valence-electron chi connectivity index (χ4n) is 2.73. The predicted molar refractivity (Wildman–Crippen MR) is 83.7 cm³/mol. The molecule has 150 valence electrons. The maximum absolute atomic E-state index is 11.4. The number of carboxylic acids is 2. The van der Waals surface area contributed by atoms with E-state index in [9.17, 15) is 14.7 Å². The molecular formula is C14H25N2O10+. The third kappa shape index (κ3) is 6.17. The molecule has 0 saturated carbocycles. The van der Waals surface area contributed by atoms with Crippen molar-refractivity contribution < 1.29 is 54.0 Å². The highest BCUT2D eigenvalue weighted by Crippen LogP contribution is 2.23. The van der Waals surface area contributed by atoms with Gasteiger partial charge in [-0.2, -0.15) is 5.26 Å². The van der Waals surface area contributed by atoms with E-state index in [0.29, 0.717) is 6.61 Å². The van der Waals surface area contributed by atoms with Crippen molar-refractivity contribution in [3.63, 3.8) is 0 Å². The first-order valence-electron chi connectivity index (χ1n) is 7.87. The molecule has 1 saturated heterocycles. The second kappa shape index (κ2) is 11.0. The summed E-state index contributed by atoms with van der Waals surface area (Å²) in [6.07, 6.45) is -1.54. The number of rotatable bonds is 10. The van der Waals surface area contributed by atoms with Gasteiger partial charge in [0, 0.05) is 6.58 Å². The summed E-state index contributed by atoms with van der Waals surface area (Å²) in [5.41, 5.74) is 0. The van der Waals surface area contributed by atoms with Crippen LogP contribution >= 0.6 is 0 Å². The van der Waals surface area contributed by atoms with Crippen molar-refractivity contribution >= 4 is 11.9 Å². The lowest BCUT2D eigenvalue weighted by Crippen LogP contribution is -2.66. The van der Waals surface area contributed by atoms with Gasteiger partial charge < -0.3 is 19.7 Å². The Labute approximate surface area is 149 Å². The molecule has 0 aromatic rings. The fraction of sp³-hybridized carbons (Fsp3) is 0.714. The van der Waals surface area contributed by atoms with Crippen molar-refractivity contribution in [3.05, 3.63) is 12.5 Å². The Bertz CT molecular complexity index is 488. The summed E-state index contributed by atoms with van der Waals surface area (Å²) in [7, 11) is 0. The third-order valence-electron chi connectivity index (χ3n) is 4.13. The number of aliphatic carboxylic acids is 2. The maximum Gasteiger partial charge on any atom is 0.321 e. The first-order chi connectivity index (χ1) is 12.4. The minimum atomic E-state index is -1.43. The molecule has 1 heterocycles. The Morgan fingerprint density at radius 1 is 1.23 bits per heavy atom. The quantitative estimate of drug-likeness (QED) is 0.138. The Balaban J connectivity index is 3.20. The van der Waals surface area contributed by atoms with Crippen LogP contribution in [-0.2, 0) is 28.8 Å². The lowest BCUT2D eigenvalue weighted by Gasteiger charge is -2.43. The average molecular weight is 381 g/mol. The van der Waals surface area contributed by atoms with E-state index in [0.717, 1.165) is 0 Å². The van der Waals surface area contributed by atoms with Crippen LogP contribution < -0.4 is 5.32 Å². The lowest BCUT2D eigenvalue weighted by atomic mass is 10.1. The molecule has 12 heteroatoms. The van der Waals surface area contributed by atoms with E-state index in [-0.39, 0.29) is 49.9 Å². The Morgan fingerprint density at radius 3 is 2.50 bits per heavy atom. The smallest absolute Gasteiger partial charge is 0.321 e. The zero-order chi connectivity index (χ0) is 19.6. The van der Waals surface area contributed by atoms with Gasteiger partial charge in [0.05, 0.1) is 26.2 Å². The Morgan fingerprint density at radius 2 is 1.92 bits per heavy atom. The molecular weight excluding hydrogens is 356 g/mol. The SMILES string of the molecule is C=C(OO)[N+]1(CCOO)CCOCCOCC1NC(CC(=O)O)C(=O)O. The Hall–Kier alpha value is -1.80. The largest absolute Gasteiger partial charge is 0.481 e. The molecule has 0 aromatic heterocycles. The summed E-state index contributed by atoms with van der Waals surface area (Å²) in [4.78, 5) is 30.8. The highest BCUT2D eigenvalue weighted by atomic mass is 17.1. The molecule has 1 aliphatic heterocycles. The van der Waals surface area contributed by atoms with Gasteiger partial charge in [-0.15, -0.1) is 0 Å². The van der Waals surface area contributed by atoms with E-state index in [1.165, 1.54) is 0 Å². The van der Waals surface area contributed by atoms with Crippen LogP contribution in [0.2, 0.25) is 0 Å². The first-order valence-corrected chi connectivity index (χ1v) is 7.87. The molecule has 26 heavy (non-hydrogen) atoms. The topological polar surface area (TPSA) is 164 Å². The molecule has 5 N–H and O–H groups in total. The summed E-state index contributed by atoms with van der Waals surface area (Å²) in [5.74, 6) is -2.84. The molecule has 1 rings (SSSR count). The molecule has 0 amide bonds. The molecule has 0 spiro atoms. The van der Waals surface area contributed by atoms with Gasteiger partial charge in [0.2, 0.25) is 0 Å². The maximum atomic E-state index is 11.4. The van der Waals surface area contributed by atoms with Crippen LogP contribution in [0.5, 0.6) is 0 Å². The van der Waals surface area contributed by atoms with E-state index >= 15 is 0 Å². The number of carbonyl (C=O) groups is 2. The molecule has 1 fully saturated rings. The number of carboxylic acid groups (broad SMARTS) is 2. The van der Waals surface area contributed by atoms with Crippen LogP contribution in [0.1, 0.15) is 6.42 Å². The van der Waals surface area contributed by atoms with Crippen LogP contribution in [0.25, 0.3) is 0 Å². The van der Waals surface area contributed by atoms with E-state index in [4.69, 9.17) is 25.1 Å². The first kappa shape index (κ1) is 22.2. The van der Waals surface area contributed by atoms with Crippen LogP contribution in [0.15, 0.2) is 12.5 Å². The molecule has 0 bridgehead atoms. The van der Waals surface area contributed by atoms with Gasteiger partial charge in [0.1, 0.15) is 32.3 Å². The fourth-order valence-corrected chi connectivity index (χ4v) is 2.73. The summed E-state index contributed by atoms with van der Waals surface area (Å²) in [5, 5.41) is 38.8. The minimum Gasteiger partial charge on any atom is -0.481 e. The Kier molecular flexibility index (Phi) is 9.43. The average Bonchev–Trinajstić information content (AvgIpc) is 2.69. The van der Waals surface area contributed by atoms with E-state index in [2.05, 4.69) is 21.7 Å². The highest BCUT2D eigenvalue weighted by Gasteiger charge is 2.44. The number of hydrogen-bond acceptors (Lipinski definition) is 9. The van der Waals surface area contributed by atoms with Crippen LogP contribution in [0.3, 0.4) is 0 Å². The molecule has 3 atom stereocenters. The van der Waals surface area contributed by atoms with Gasteiger partial charge in [-0.1, -0.05) is 0 Å². The van der Waals surface area contributed by atoms with Crippen molar-refractivity contribution in [1.82, 2.24) is 5.32 Å². The van der Waals surface area contributed by atoms with Crippen molar-refractivity contribution in [1.29, 1.82) is 0 Å². The number of hydrogen-bond donors (Lipinski definition) is 5. The van der Waals surface area contributed by atoms with Crippen LogP contribution in [-0.4, -0.2) is 95.5 Å². The molecule has 0 radical (unpaired) electrons. The zero-order valence-corrected chi connectivity index (χ0v) is 14.2. The highest BCUT2D eigenvalue weighted by molar-refractivity contribution is 5.80. The van der Waals surface area contributed by atoms with Gasteiger partial charge in [0.15, 0.2) is 6.17 Å². The zero-order valence-electron chi connectivity index (χ0n) is 14.2. The predicted octanol–water partition coefficient (Wildman–Crippen LogP) is -0.856. The number of nitrogens with zero attached hydrogens (tertiary/aromatic N) is 1. The van der Waals surface area contributed by atoms with Gasteiger partial charge >= 0.3 is 17.8 Å². The van der Waals surface area contributed by atoms with E-state index in [1.54, 1.807) is 0 Å². The number of quaternary nitrogens is 1. The van der Waals surface area contributed by atoms with E-state index < -0.39 is 30.6 Å².